The van der Waals surface area contributed by atoms with E-state index >= 15 is 0 Å². The maximum Gasteiger partial charge on any atom is 0.168 e. The lowest BCUT2D eigenvalue weighted by molar-refractivity contribution is 0.743. The third kappa shape index (κ3) is 3.05. The number of allylic oxidation sites excluding steroid dienone is 4. The Morgan fingerprint density at radius 2 is 1.71 bits per heavy atom. The summed E-state index contributed by atoms with van der Waals surface area (Å²) in [6.07, 6.45) is 7.41. The Bertz CT molecular complexity index is 1100. The Morgan fingerprint density at radius 3 is 2.36 bits per heavy atom. The zero-order valence-electron chi connectivity index (χ0n) is 16.3. The molecule has 4 rings (SSSR count). The van der Waals surface area contributed by atoms with Crippen LogP contribution in [0.25, 0.3) is 22.6 Å². The summed E-state index contributed by atoms with van der Waals surface area (Å²) in [5.41, 5.74) is 5.98. The van der Waals surface area contributed by atoms with Gasteiger partial charge in [-0.25, -0.2) is 0 Å². The second kappa shape index (κ2) is 7.28. The van der Waals surface area contributed by atoms with Crippen molar-refractivity contribution in [3.05, 3.63) is 83.2 Å². The first-order valence-electron chi connectivity index (χ1n) is 9.49. The molecular weight excluding hydrogens is 344 g/mol. The van der Waals surface area contributed by atoms with Gasteiger partial charge in [0, 0.05) is 11.1 Å². The van der Waals surface area contributed by atoms with Gasteiger partial charge >= 0.3 is 0 Å². The second-order valence-electron chi connectivity index (χ2n) is 7.31. The molecule has 4 nitrogen and oxygen atoms in total. The van der Waals surface area contributed by atoms with Gasteiger partial charge in [0.2, 0.25) is 0 Å². The summed E-state index contributed by atoms with van der Waals surface area (Å²) in [7, 11) is 0. The molecule has 0 bridgehead atoms. The van der Waals surface area contributed by atoms with E-state index in [2.05, 4.69) is 58.1 Å². The Balaban J connectivity index is 2.02. The summed E-state index contributed by atoms with van der Waals surface area (Å²) >= 11 is 0. The highest BCUT2D eigenvalue weighted by atomic mass is 15.3. The van der Waals surface area contributed by atoms with Crippen molar-refractivity contribution in [3.63, 3.8) is 0 Å². The van der Waals surface area contributed by atoms with Crippen molar-refractivity contribution in [1.29, 1.82) is 5.26 Å². The van der Waals surface area contributed by atoms with Crippen molar-refractivity contribution >= 4 is 5.57 Å². The molecule has 0 saturated heterocycles. The lowest BCUT2D eigenvalue weighted by Crippen LogP contribution is -2.11. The standard InChI is InChI=1S/C24H22N4/c1-16-9-7-8-12-21(16)24-27-26-23(20-10-5-4-6-11-20)28(24)22-17(2)13-19(15-25)14-18(22)3/h4-8,10-14,16H,9H2,1-3H3/t16-/m0/s1. The maximum absolute atomic E-state index is 9.34. The summed E-state index contributed by atoms with van der Waals surface area (Å²) in [5.74, 6) is 2.05. The Hall–Kier alpha value is -3.45. The van der Waals surface area contributed by atoms with Crippen LogP contribution in [0.2, 0.25) is 0 Å². The molecule has 138 valence electrons. The van der Waals surface area contributed by atoms with Crippen LogP contribution in [-0.4, -0.2) is 14.8 Å². The quantitative estimate of drug-likeness (QED) is 0.623. The first-order valence-corrected chi connectivity index (χ1v) is 9.49. The Morgan fingerprint density at radius 1 is 1.04 bits per heavy atom. The van der Waals surface area contributed by atoms with E-state index in [9.17, 15) is 5.26 Å². The molecule has 1 aliphatic rings. The average molecular weight is 366 g/mol. The molecule has 0 spiro atoms. The summed E-state index contributed by atoms with van der Waals surface area (Å²) in [6.45, 7) is 6.30. The number of aromatic nitrogens is 3. The van der Waals surface area contributed by atoms with Gasteiger partial charge in [0.25, 0.3) is 0 Å². The summed E-state index contributed by atoms with van der Waals surface area (Å²) < 4.78 is 2.16. The molecule has 0 aliphatic heterocycles. The molecule has 4 heteroatoms. The molecule has 0 N–H and O–H groups in total. The van der Waals surface area contributed by atoms with Crippen molar-refractivity contribution in [2.24, 2.45) is 5.92 Å². The molecule has 0 radical (unpaired) electrons. The normalized spacial score (nSPS) is 15.9. The molecule has 1 aromatic heterocycles. The Labute approximate surface area is 165 Å². The first kappa shape index (κ1) is 17.9. The number of hydrogen-bond acceptors (Lipinski definition) is 3. The summed E-state index contributed by atoms with van der Waals surface area (Å²) in [5, 5.41) is 18.5. The van der Waals surface area contributed by atoms with Crippen molar-refractivity contribution in [3.8, 4) is 23.1 Å². The lowest BCUT2D eigenvalue weighted by atomic mass is 9.92. The van der Waals surface area contributed by atoms with E-state index in [1.54, 1.807) is 0 Å². The van der Waals surface area contributed by atoms with Crippen LogP contribution >= 0.6 is 0 Å². The molecule has 1 aliphatic carbocycles. The molecule has 1 atom stereocenters. The highest BCUT2D eigenvalue weighted by Gasteiger charge is 2.24. The lowest BCUT2D eigenvalue weighted by Gasteiger charge is -2.21. The van der Waals surface area contributed by atoms with Gasteiger partial charge in [-0.3, -0.25) is 4.57 Å². The second-order valence-corrected chi connectivity index (χ2v) is 7.31. The monoisotopic (exact) mass is 366 g/mol. The highest BCUT2D eigenvalue weighted by molar-refractivity contribution is 5.72. The van der Waals surface area contributed by atoms with E-state index in [4.69, 9.17) is 0 Å². The first-order chi connectivity index (χ1) is 13.6. The number of nitrogens with zero attached hydrogens (tertiary/aromatic N) is 4. The molecule has 0 unspecified atom stereocenters. The molecule has 0 amide bonds. The molecule has 3 aromatic rings. The van der Waals surface area contributed by atoms with Gasteiger partial charge in [0.15, 0.2) is 11.6 Å². The van der Waals surface area contributed by atoms with Gasteiger partial charge in [0.05, 0.1) is 17.3 Å². The van der Waals surface area contributed by atoms with Crippen LogP contribution in [0.3, 0.4) is 0 Å². The number of hydrogen-bond donors (Lipinski definition) is 0. The minimum Gasteiger partial charge on any atom is -0.275 e. The third-order valence-electron chi connectivity index (χ3n) is 5.23. The predicted molar refractivity (Wildman–Crippen MR) is 112 cm³/mol. The van der Waals surface area contributed by atoms with E-state index in [0.717, 1.165) is 40.4 Å². The van der Waals surface area contributed by atoms with E-state index in [1.807, 2.05) is 44.2 Å². The molecule has 2 aromatic carbocycles. The van der Waals surface area contributed by atoms with Gasteiger partial charge in [-0.2, -0.15) is 5.26 Å². The van der Waals surface area contributed by atoms with Gasteiger partial charge in [-0.05, 0) is 49.4 Å². The predicted octanol–water partition coefficient (Wildman–Crippen LogP) is 5.40. The van der Waals surface area contributed by atoms with Crippen LogP contribution in [0.4, 0.5) is 0 Å². The smallest absolute Gasteiger partial charge is 0.168 e. The zero-order valence-corrected chi connectivity index (χ0v) is 16.3. The number of benzene rings is 2. The largest absolute Gasteiger partial charge is 0.275 e. The van der Waals surface area contributed by atoms with Gasteiger partial charge in [0.1, 0.15) is 0 Å². The van der Waals surface area contributed by atoms with Crippen LogP contribution in [0, 0.1) is 31.1 Å². The van der Waals surface area contributed by atoms with Gasteiger partial charge < -0.3 is 0 Å². The van der Waals surface area contributed by atoms with Crippen molar-refractivity contribution in [2.75, 3.05) is 0 Å². The van der Waals surface area contributed by atoms with Gasteiger partial charge in [-0.15, -0.1) is 10.2 Å². The fraction of sp³-hybridized carbons (Fsp3) is 0.208. The molecule has 0 saturated carbocycles. The topological polar surface area (TPSA) is 54.5 Å². The number of nitriles is 1. The van der Waals surface area contributed by atoms with E-state index < -0.39 is 0 Å². The number of aryl methyl sites for hydroxylation is 2. The van der Waals surface area contributed by atoms with Crippen molar-refractivity contribution in [2.45, 2.75) is 27.2 Å². The molecule has 28 heavy (non-hydrogen) atoms. The van der Waals surface area contributed by atoms with Crippen LogP contribution in [-0.2, 0) is 0 Å². The van der Waals surface area contributed by atoms with Crippen molar-refractivity contribution < 1.29 is 0 Å². The van der Waals surface area contributed by atoms with Gasteiger partial charge in [-0.1, -0.05) is 55.5 Å². The minimum absolute atomic E-state index is 0.371. The maximum atomic E-state index is 9.34. The third-order valence-corrected chi connectivity index (χ3v) is 5.23. The van der Waals surface area contributed by atoms with Crippen LogP contribution in [0.15, 0.2) is 60.7 Å². The average Bonchev–Trinajstić information content (AvgIpc) is 3.12. The Kier molecular flexibility index (Phi) is 4.67. The summed E-state index contributed by atoms with van der Waals surface area (Å²) in [4.78, 5) is 0. The SMILES string of the molecule is Cc1cc(C#N)cc(C)c1-n1c(C2=CC=CC[C@@H]2C)nnc1-c1ccccc1. The minimum atomic E-state index is 0.371. The van der Waals surface area contributed by atoms with Crippen LogP contribution < -0.4 is 0 Å². The molecular formula is C24H22N4. The summed E-state index contributed by atoms with van der Waals surface area (Å²) in [6, 6.07) is 16.2. The van der Waals surface area contributed by atoms with E-state index in [1.165, 1.54) is 5.57 Å². The van der Waals surface area contributed by atoms with Crippen LogP contribution in [0.5, 0.6) is 0 Å². The highest BCUT2D eigenvalue weighted by Crippen LogP contribution is 2.34. The fourth-order valence-corrected chi connectivity index (χ4v) is 3.87. The number of rotatable bonds is 3. The zero-order chi connectivity index (χ0) is 19.7. The van der Waals surface area contributed by atoms with Crippen molar-refractivity contribution in [1.82, 2.24) is 14.8 Å². The van der Waals surface area contributed by atoms with E-state index in [-0.39, 0.29) is 0 Å². The van der Waals surface area contributed by atoms with Crippen LogP contribution in [0.1, 0.15) is 35.9 Å². The molecule has 1 heterocycles. The molecule has 0 fully saturated rings. The fourth-order valence-electron chi connectivity index (χ4n) is 3.87. The van der Waals surface area contributed by atoms with E-state index in [0.29, 0.717) is 11.5 Å².